The Balaban J connectivity index is 1.99. The van der Waals surface area contributed by atoms with Crippen molar-refractivity contribution in [1.29, 1.82) is 0 Å². The van der Waals surface area contributed by atoms with Crippen LogP contribution in [0.2, 0.25) is 0 Å². The molecular formula is C18H24N2O2. The third-order valence-corrected chi connectivity index (χ3v) is 4.95. The molecule has 1 fully saturated rings. The average molecular weight is 300 g/mol. The van der Waals surface area contributed by atoms with Gasteiger partial charge in [-0.05, 0) is 49.3 Å². The topological polar surface area (TPSA) is 68.4 Å². The van der Waals surface area contributed by atoms with Crippen LogP contribution in [0.5, 0.6) is 5.75 Å². The van der Waals surface area contributed by atoms with E-state index < -0.39 is 0 Å². The van der Waals surface area contributed by atoms with Gasteiger partial charge in [0, 0.05) is 17.3 Å². The molecule has 2 aromatic rings. The van der Waals surface area contributed by atoms with Crippen molar-refractivity contribution in [3.8, 4) is 5.75 Å². The molecule has 1 saturated carbocycles. The fraction of sp³-hybridized carbons (Fsp3) is 0.500. The SMILES string of the molecule is COc1cnc2cccc(C(CO)C3CCC(N)CC3)c2c1. The number of aliphatic hydroxyl groups excluding tert-OH is 1. The Kier molecular flexibility index (Phi) is 4.60. The molecule has 0 bridgehead atoms. The summed E-state index contributed by atoms with van der Waals surface area (Å²) < 4.78 is 5.31. The Hall–Kier alpha value is -1.65. The second-order valence-electron chi connectivity index (χ2n) is 6.25. The van der Waals surface area contributed by atoms with Gasteiger partial charge in [0.1, 0.15) is 5.75 Å². The minimum Gasteiger partial charge on any atom is -0.495 e. The van der Waals surface area contributed by atoms with E-state index in [2.05, 4.69) is 11.1 Å². The van der Waals surface area contributed by atoms with Crippen molar-refractivity contribution in [3.63, 3.8) is 0 Å². The van der Waals surface area contributed by atoms with Gasteiger partial charge in [-0.2, -0.15) is 0 Å². The lowest BCUT2D eigenvalue weighted by Crippen LogP contribution is -2.30. The monoisotopic (exact) mass is 300 g/mol. The molecule has 4 nitrogen and oxygen atoms in total. The summed E-state index contributed by atoms with van der Waals surface area (Å²) in [7, 11) is 1.65. The molecule has 1 atom stereocenters. The van der Waals surface area contributed by atoms with Crippen LogP contribution in [-0.4, -0.2) is 29.8 Å². The number of pyridine rings is 1. The molecule has 1 aromatic heterocycles. The standard InChI is InChI=1S/C18H24N2O2/c1-22-14-9-16-15(3-2-4-18(16)20-10-14)17(11-21)12-5-7-13(19)8-6-12/h2-4,9-10,12-13,17,21H,5-8,11,19H2,1H3. The van der Waals surface area contributed by atoms with Crippen molar-refractivity contribution in [2.75, 3.05) is 13.7 Å². The summed E-state index contributed by atoms with van der Waals surface area (Å²) >= 11 is 0. The van der Waals surface area contributed by atoms with Gasteiger partial charge in [-0.3, -0.25) is 4.98 Å². The zero-order chi connectivity index (χ0) is 15.5. The normalized spacial score (nSPS) is 23.4. The molecule has 0 saturated heterocycles. The predicted molar refractivity (Wildman–Crippen MR) is 88.1 cm³/mol. The molecule has 22 heavy (non-hydrogen) atoms. The largest absolute Gasteiger partial charge is 0.495 e. The summed E-state index contributed by atoms with van der Waals surface area (Å²) in [6.07, 6.45) is 6.00. The summed E-state index contributed by atoms with van der Waals surface area (Å²) in [6, 6.07) is 8.48. The lowest BCUT2D eigenvalue weighted by Gasteiger charge is -2.32. The Morgan fingerprint density at radius 2 is 2.09 bits per heavy atom. The number of hydrogen-bond acceptors (Lipinski definition) is 4. The molecule has 1 heterocycles. The number of benzene rings is 1. The van der Waals surface area contributed by atoms with Crippen molar-refractivity contribution >= 4 is 10.9 Å². The molecule has 1 aliphatic rings. The van der Waals surface area contributed by atoms with E-state index in [-0.39, 0.29) is 12.5 Å². The van der Waals surface area contributed by atoms with E-state index in [4.69, 9.17) is 10.5 Å². The van der Waals surface area contributed by atoms with Gasteiger partial charge < -0.3 is 15.6 Å². The van der Waals surface area contributed by atoms with E-state index in [1.807, 2.05) is 18.2 Å². The molecule has 0 spiro atoms. The fourth-order valence-electron chi connectivity index (χ4n) is 3.64. The maximum atomic E-state index is 10.0. The zero-order valence-corrected chi connectivity index (χ0v) is 13.0. The molecule has 3 N–H and O–H groups in total. The summed E-state index contributed by atoms with van der Waals surface area (Å²) in [5.74, 6) is 1.38. The molecule has 118 valence electrons. The highest BCUT2D eigenvalue weighted by molar-refractivity contribution is 5.83. The van der Waals surface area contributed by atoms with Crippen LogP contribution in [0.15, 0.2) is 30.5 Å². The van der Waals surface area contributed by atoms with Crippen LogP contribution in [0.4, 0.5) is 0 Å². The van der Waals surface area contributed by atoms with Crippen molar-refractivity contribution in [1.82, 2.24) is 4.98 Å². The highest BCUT2D eigenvalue weighted by Gasteiger charge is 2.28. The number of rotatable bonds is 4. The lowest BCUT2D eigenvalue weighted by atomic mass is 9.75. The number of ether oxygens (including phenoxy) is 1. The van der Waals surface area contributed by atoms with Crippen molar-refractivity contribution < 1.29 is 9.84 Å². The van der Waals surface area contributed by atoms with Gasteiger partial charge in [-0.15, -0.1) is 0 Å². The number of nitrogens with two attached hydrogens (primary N) is 1. The first-order valence-corrected chi connectivity index (χ1v) is 8.02. The lowest BCUT2D eigenvalue weighted by molar-refractivity contribution is 0.191. The van der Waals surface area contributed by atoms with Crippen LogP contribution < -0.4 is 10.5 Å². The Labute approximate surface area is 131 Å². The molecular weight excluding hydrogens is 276 g/mol. The Morgan fingerprint density at radius 3 is 2.77 bits per heavy atom. The van der Waals surface area contributed by atoms with Crippen LogP contribution >= 0.6 is 0 Å². The quantitative estimate of drug-likeness (QED) is 0.911. The number of methoxy groups -OCH3 is 1. The van der Waals surface area contributed by atoms with E-state index >= 15 is 0 Å². The van der Waals surface area contributed by atoms with E-state index in [0.29, 0.717) is 12.0 Å². The first-order chi connectivity index (χ1) is 10.7. The first kappa shape index (κ1) is 15.3. The number of aromatic nitrogens is 1. The number of nitrogens with zero attached hydrogens (tertiary/aromatic N) is 1. The molecule has 1 unspecified atom stereocenters. The maximum Gasteiger partial charge on any atom is 0.137 e. The van der Waals surface area contributed by atoms with Crippen LogP contribution in [0.3, 0.4) is 0 Å². The summed E-state index contributed by atoms with van der Waals surface area (Å²) in [4.78, 5) is 4.46. The molecule has 1 aliphatic carbocycles. The van der Waals surface area contributed by atoms with Gasteiger partial charge in [0.05, 0.1) is 25.4 Å². The van der Waals surface area contributed by atoms with Gasteiger partial charge in [0.25, 0.3) is 0 Å². The Morgan fingerprint density at radius 1 is 1.32 bits per heavy atom. The van der Waals surface area contributed by atoms with Crippen molar-refractivity contribution in [2.45, 2.75) is 37.6 Å². The van der Waals surface area contributed by atoms with Gasteiger partial charge >= 0.3 is 0 Å². The second kappa shape index (κ2) is 6.63. The molecule has 0 radical (unpaired) electrons. The fourth-order valence-corrected chi connectivity index (χ4v) is 3.64. The Bertz CT molecular complexity index is 636. The van der Waals surface area contributed by atoms with E-state index in [1.54, 1.807) is 13.3 Å². The minimum absolute atomic E-state index is 0.144. The summed E-state index contributed by atoms with van der Waals surface area (Å²) in [5.41, 5.74) is 8.14. The van der Waals surface area contributed by atoms with Crippen molar-refractivity contribution in [3.05, 3.63) is 36.0 Å². The smallest absolute Gasteiger partial charge is 0.137 e. The maximum absolute atomic E-state index is 10.0. The number of fused-ring (bicyclic) bond motifs is 1. The summed E-state index contributed by atoms with van der Waals surface area (Å²) in [6.45, 7) is 0.163. The number of aliphatic hydroxyl groups is 1. The van der Waals surface area contributed by atoms with E-state index in [1.165, 1.54) is 5.56 Å². The van der Waals surface area contributed by atoms with Crippen LogP contribution in [-0.2, 0) is 0 Å². The average Bonchev–Trinajstić information content (AvgIpc) is 2.57. The zero-order valence-electron chi connectivity index (χ0n) is 13.0. The van der Waals surface area contributed by atoms with Crippen LogP contribution in [0.1, 0.15) is 37.2 Å². The van der Waals surface area contributed by atoms with Gasteiger partial charge in [-0.1, -0.05) is 12.1 Å². The van der Waals surface area contributed by atoms with Gasteiger partial charge in [0.2, 0.25) is 0 Å². The van der Waals surface area contributed by atoms with Gasteiger partial charge in [0.15, 0.2) is 0 Å². The third kappa shape index (κ3) is 2.94. The predicted octanol–water partition coefficient (Wildman–Crippen LogP) is 2.84. The minimum atomic E-state index is 0.144. The highest BCUT2D eigenvalue weighted by Crippen LogP contribution is 2.38. The third-order valence-electron chi connectivity index (χ3n) is 4.95. The molecule has 3 rings (SSSR count). The summed E-state index contributed by atoms with van der Waals surface area (Å²) in [5, 5.41) is 11.1. The van der Waals surface area contributed by atoms with Crippen molar-refractivity contribution in [2.24, 2.45) is 11.7 Å². The molecule has 0 amide bonds. The van der Waals surface area contributed by atoms with Gasteiger partial charge in [-0.25, -0.2) is 0 Å². The van der Waals surface area contributed by atoms with Crippen LogP contribution in [0.25, 0.3) is 10.9 Å². The molecule has 1 aromatic carbocycles. The first-order valence-electron chi connectivity index (χ1n) is 8.02. The van der Waals surface area contributed by atoms with Crippen LogP contribution in [0, 0.1) is 5.92 Å². The number of hydrogen-bond donors (Lipinski definition) is 2. The molecule has 0 aliphatic heterocycles. The second-order valence-corrected chi connectivity index (χ2v) is 6.25. The van der Waals surface area contributed by atoms with E-state index in [0.717, 1.165) is 42.3 Å². The highest BCUT2D eigenvalue weighted by atomic mass is 16.5. The van der Waals surface area contributed by atoms with E-state index in [9.17, 15) is 5.11 Å². The molecule has 4 heteroatoms.